The van der Waals surface area contributed by atoms with Crippen molar-refractivity contribution in [3.05, 3.63) is 52.4 Å². The number of amides is 1. The number of hydrogen-bond acceptors (Lipinski definition) is 10. The molecule has 0 saturated carbocycles. The lowest BCUT2D eigenvalue weighted by Gasteiger charge is -2.50. The number of carbonyl (C=O) groups excluding carboxylic acids is 2. The number of carbonyl (C=O) groups is 3. The minimum atomic E-state index is -3.67. The van der Waals surface area contributed by atoms with Crippen molar-refractivity contribution in [3.63, 3.8) is 0 Å². The number of ether oxygens (including phenoxy) is 2. The van der Waals surface area contributed by atoms with Crippen molar-refractivity contribution in [1.29, 1.82) is 0 Å². The van der Waals surface area contributed by atoms with Crippen LogP contribution in [-0.2, 0) is 24.2 Å². The molecule has 14 heteroatoms. The third-order valence-corrected chi connectivity index (χ3v) is 10.0. The zero-order chi connectivity index (χ0) is 30.0. The Balaban J connectivity index is 1.52. The van der Waals surface area contributed by atoms with E-state index < -0.39 is 51.3 Å². The number of para-hydroxylation sites is 1. The van der Waals surface area contributed by atoms with E-state index in [0.29, 0.717) is 15.5 Å². The summed E-state index contributed by atoms with van der Waals surface area (Å²) in [4.78, 5) is 44.1. The Kier molecular flexibility index (Phi) is 6.99. The van der Waals surface area contributed by atoms with Gasteiger partial charge >= 0.3 is 12.1 Å². The smallest absolute Gasteiger partial charge is 0.477 e. The van der Waals surface area contributed by atoms with Crippen LogP contribution in [0.2, 0.25) is 0 Å². The van der Waals surface area contributed by atoms with Crippen molar-refractivity contribution in [3.8, 4) is 5.75 Å². The minimum absolute atomic E-state index is 0.0859. The van der Waals surface area contributed by atoms with E-state index in [2.05, 4.69) is 4.98 Å². The Bertz CT molecular complexity index is 1720. The van der Waals surface area contributed by atoms with Gasteiger partial charge in [0.05, 0.1) is 29.5 Å². The van der Waals surface area contributed by atoms with E-state index in [4.69, 9.17) is 9.47 Å². The van der Waals surface area contributed by atoms with E-state index in [-0.39, 0.29) is 29.3 Å². The molecule has 0 radical (unpaired) electrons. The molecule has 2 aliphatic rings. The molecule has 0 bridgehead atoms. The first kappa shape index (κ1) is 28.8. The fourth-order valence-corrected chi connectivity index (χ4v) is 8.29. The van der Waals surface area contributed by atoms with Crippen LogP contribution in [0.4, 0.5) is 4.79 Å². The summed E-state index contributed by atoms with van der Waals surface area (Å²) in [6.07, 6.45) is 2.01. The molecule has 4 heterocycles. The fraction of sp³-hybridized carbons (Fsp3) is 0.407. The molecule has 1 aromatic carbocycles. The molecule has 218 valence electrons. The molecular formula is C27H29N3O9S2. The van der Waals surface area contributed by atoms with Gasteiger partial charge in [-0.2, -0.15) is 0 Å². The lowest BCUT2D eigenvalue weighted by Crippen LogP contribution is -2.66. The number of hydrogen-bond donors (Lipinski definition) is 2. The lowest BCUT2D eigenvalue weighted by molar-refractivity contribution is -0.167. The average Bonchev–Trinajstić information content (AvgIpc) is 3.49. The number of nitrogens with zero attached hydrogens (tertiary/aromatic N) is 3. The van der Waals surface area contributed by atoms with Gasteiger partial charge in [-0.3, -0.25) is 9.20 Å². The van der Waals surface area contributed by atoms with Gasteiger partial charge in [0, 0.05) is 23.4 Å². The van der Waals surface area contributed by atoms with E-state index in [1.165, 1.54) is 22.6 Å². The zero-order valence-corrected chi connectivity index (χ0v) is 24.6. The quantitative estimate of drug-likeness (QED) is 0.222. The van der Waals surface area contributed by atoms with Gasteiger partial charge in [0.1, 0.15) is 22.6 Å². The third kappa shape index (κ3) is 4.59. The van der Waals surface area contributed by atoms with E-state index in [1.54, 1.807) is 39.1 Å². The normalized spacial score (nSPS) is 23.0. The largest absolute Gasteiger partial charge is 0.513 e. The fourth-order valence-electron chi connectivity index (χ4n) is 5.90. The number of benzene rings is 1. The van der Waals surface area contributed by atoms with Crippen molar-refractivity contribution in [1.82, 2.24) is 14.3 Å². The summed E-state index contributed by atoms with van der Waals surface area (Å²) >= 11 is 1.03. The molecule has 2 N–H and O–H groups in total. The summed E-state index contributed by atoms with van der Waals surface area (Å²) in [5.74, 6) is -2.37. The number of imidazole rings is 1. The van der Waals surface area contributed by atoms with Crippen molar-refractivity contribution in [2.24, 2.45) is 11.3 Å². The first-order valence-electron chi connectivity index (χ1n) is 12.7. The number of sulfone groups is 1. The van der Waals surface area contributed by atoms with Crippen molar-refractivity contribution in [2.75, 3.05) is 12.9 Å². The molecule has 12 nitrogen and oxygen atoms in total. The predicted octanol–water partition coefficient (Wildman–Crippen LogP) is 3.05. The number of aliphatic hydroxyl groups is 1. The summed E-state index contributed by atoms with van der Waals surface area (Å²) < 4.78 is 36.9. The first-order chi connectivity index (χ1) is 19.2. The minimum Gasteiger partial charge on any atom is -0.477 e. The molecule has 1 fully saturated rings. The number of aryl methyl sites for hydroxylation is 2. The van der Waals surface area contributed by atoms with Gasteiger partial charge in [0.25, 0.3) is 0 Å². The van der Waals surface area contributed by atoms with Gasteiger partial charge in [-0.1, -0.05) is 25.1 Å². The molecule has 4 atom stereocenters. The van der Waals surface area contributed by atoms with Crippen molar-refractivity contribution in [2.45, 2.75) is 51.3 Å². The van der Waals surface area contributed by atoms with Gasteiger partial charge in [-0.25, -0.2) is 23.0 Å². The Morgan fingerprint density at radius 1 is 1.24 bits per heavy atom. The van der Waals surface area contributed by atoms with Crippen LogP contribution in [0, 0.1) is 25.2 Å². The molecule has 2 aliphatic heterocycles. The number of rotatable bonds is 8. The number of carboxylic acids is 1. The molecule has 1 amide bonds. The van der Waals surface area contributed by atoms with Gasteiger partial charge in [0.2, 0.25) is 5.91 Å². The van der Waals surface area contributed by atoms with Crippen LogP contribution in [-0.4, -0.2) is 76.0 Å². The Labute approximate surface area is 239 Å². The standard InChI is InChI=1S/C27H29N3O9S2/c1-13-7-6-8-14(2)20(13)39-26(35)38-10-9-27(4)18(16-11-29-12-28-22(24(29)40-16)41(5,36)37)19(25(33)34)30-21(27)17(15(3)31)23(30)32/h6-8,11-12,15,17,21,31H,9-10H2,1-5H3,(H,33,34)/t15-,17?,21-,27?/m1/s1. The maximum atomic E-state index is 13.1. The monoisotopic (exact) mass is 603 g/mol. The maximum Gasteiger partial charge on any atom is 0.513 e. The van der Waals surface area contributed by atoms with Gasteiger partial charge in [-0.15, -0.1) is 11.3 Å². The number of aromatic nitrogens is 2. The van der Waals surface area contributed by atoms with Crippen LogP contribution in [0.25, 0.3) is 10.4 Å². The number of fused-ring (bicyclic) bond motifs is 2. The van der Waals surface area contributed by atoms with E-state index in [0.717, 1.165) is 28.7 Å². The van der Waals surface area contributed by atoms with Gasteiger partial charge < -0.3 is 24.6 Å². The highest BCUT2D eigenvalue weighted by Gasteiger charge is 2.66. The Hall–Kier alpha value is -3.75. The summed E-state index contributed by atoms with van der Waals surface area (Å²) in [5.41, 5.74) is 0.439. The predicted molar refractivity (Wildman–Crippen MR) is 147 cm³/mol. The second kappa shape index (κ2) is 9.96. The summed E-state index contributed by atoms with van der Waals surface area (Å²) in [5, 5.41) is 20.5. The summed E-state index contributed by atoms with van der Waals surface area (Å²) in [6.45, 7) is 6.64. The van der Waals surface area contributed by atoms with E-state index >= 15 is 0 Å². The number of aliphatic hydroxyl groups excluding tert-OH is 1. The lowest BCUT2D eigenvalue weighted by atomic mass is 9.66. The highest BCUT2D eigenvalue weighted by atomic mass is 32.2. The van der Waals surface area contributed by atoms with Crippen LogP contribution in [0.3, 0.4) is 0 Å². The van der Waals surface area contributed by atoms with Crippen LogP contribution < -0.4 is 4.74 Å². The van der Waals surface area contributed by atoms with Crippen molar-refractivity contribution < 1.29 is 42.5 Å². The molecular weight excluding hydrogens is 574 g/mol. The summed E-state index contributed by atoms with van der Waals surface area (Å²) in [7, 11) is -3.67. The molecule has 5 rings (SSSR count). The zero-order valence-electron chi connectivity index (χ0n) is 22.9. The average molecular weight is 604 g/mol. The maximum absolute atomic E-state index is 13.1. The van der Waals surface area contributed by atoms with E-state index in [9.17, 15) is 33.0 Å². The number of β-lactam (4-membered cyclic amide) rings is 1. The highest BCUT2D eigenvalue weighted by molar-refractivity contribution is 7.91. The molecule has 2 aromatic heterocycles. The second-order valence-electron chi connectivity index (χ2n) is 10.7. The third-order valence-electron chi connectivity index (χ3n) is 7.78. The Morgan fingerprint density at radius 2 is 1.90 bits per heavy atom. The van der Waals surface area contributed by atoms with Crippen LogP contribution in [0.1, 0.15) is 36.3 Å². The molecule has 0 aliphatic carbocycles. The van der Waals surface area contributed by atoms with E-state index in [1.807, 2.05) is 6.07 Å². The van der Waals surface area contributed by atoms with Gasteiger partial charge in [-0.05, 0) is 38.3 Å². The number of aliphatic carboxylic acids is 1. The number of carboxylic acid groups (broad SMARTS) is 1. The van der Waals surface area contributed by atoms with Crippen molar-refractivity contribution >= 4 is 49.6 Å². The molecule has 2 unspecified atom stereocenters. The van der Waals surface area contributed by atoms with Crippen LogP contribution in [0.15, 0.2) is 41.4 Å². The van der Waals surface area contributed by atoms with Crippen LogP contribution in [0.5, 0.6) is 5.75 Å². The van der Waals surface area contributed by atoms with Crippen LogP contribution >= 0.6 is 11.3 Å². The Morgan fingerprint density at radius 3 is 2.49 bits per heavy atom. The topological polar surface area (TPSA) is 165 Å². The SMILES string of the molecule is Cc1cccc(C)c1OC(=O)OCCC1(C)C(c2cn3cnc(S(C)(=O)=O)c3s2)=C(C(=O)O)N2C(=O)C([C@@H](C)O)[C@@H]21. The number of thiazole rings is 1. The highest BCUT2D eigenvalue weighted by Crippen LogP contribution is 2.60. The summed E-state index contributed by atoms with van der Waals surface area (Å²) in [6, 6.07) is 4.70. The first-order valence-corrected chi connectivity index (χ1v) is 15.4. The molecule has 1 saturated heterocycles. The van der Waals surface area contributed by atoms with Gasteiger partial charge in [0.15, 0.2) is 14.9 Å². The second-order valence-corrected chi connectivity index (χ2v) is 13.6. The molecule has 3 aromatic rings. The molecule has 0 spiro atoms. The molecule has 41 heavy (non-hydrogen) atoms.